The standard InChI is InChI=1S/C29H34N6O2S/c1-37-17-16-33-13-3-14-35(29(33)36)26-9-6-23-10-15-34(21-24(23)19-26)28-32-20-27(38-28)18-22-4-7-25(8-5-22)31-12-2-11-30/h2,4-9,11-12,19-20H,3,10,13-18,21,30H2,1H3. The monoisotopic (exact) mass is 530 g/mol. The van der Waals surface area contributed by atoms with E-state index in [1.54, 1.807) is 30.7 Å². The van der Waals surface area contributed by atoms with E-state index in [1.807, 2.05) is 28.1 Å². The maximum absolute atomic E-state index is 13.1. The quantitative estimate of drug-likeness (QED) is 0.404. The number of amides is 2. The lowest BCUT2D eigenvalue weighted by Gasteiger charge is -2.36. The highest BCUT2D eigenvalue weighted by Gasteiger charge is 2.28. The molecule has 198 valence electrons. The van der Waals surface area contributed by atoms with E-state index in [1.165, 1.54) is 27.8 Å². The van der Waals surface area contributed by atoms with Gasteiger partial charge in [-0.1, -0.05) is 18.2 Å². The molecule has 0 aliphatic carbocycles. The van der Waals surface area contributed by atoms with Gasteiger partial charge in [0.25, 0.3) is 0 Å². The third-order valence-corrected chi connectivity index (χ3v) is 8.00. The van der Waals surface area contributed by atoms with Crippen LogP contribution >= 0.6 is 11.3 Å². The molecule has 38 heavy (non-hydrogen) atoms. The Morgan fingerprint density at radius 2 is 2.00 bits per heavy atom. The number of carbonyl (C=O) groups is 1. The number of allylic oxidation sites excluding steroid dienone is 1. The number of ether oxygens (including phenoxy) is 1. The second-order valence-electron chi connectivity index (χ2n) is 9.51. The number of methoxy groups -OCH3 is 1. The van der Waals surface area contributed by atoms with Crippen LogP contribution < -0.4 is 15.5 Å². The summed E-state index contributed by atoms with van der Waals surface area (Å²) in [6.07, 6.45) is 9.62. The van der Waals surface area contributed by atoms with Gasteiger partial charge in [-0.25, -0.2) is 9.78 Å². The molecule has 2 aliphatic rings. The van der Waals surface area contributed by atoms with Gasteiger partial charge in [0, 0.05) is 69.2 Å². The predicted molar refractivity (Wildman–Crippen MR) is 155 cm³/mol. The van der Waals surface area contributed by atoms with Crippen molar-refractivity contribution in [3.63, 3.8) is 0 Å². The molecule has 0 bridgehead atoms. The molecule has 3 aromatic rings. The van der Waals surface area contributed by atoms with Crippen molar-refractivity contribution >= 4 is 40.1 Å². The summed E-state index contributed by atoms with van der Waals surface area (Å²) in [5, 5.41) is 1.05. The van der Waals surface area contributed by atoms with Crippen molar-refractivity contribution in [1.82, 2.24) is 9.88 Å². The third kappa shape index (κ3) is 6.06. The number of fused-ring (bicyclic) bond motifs is 1. The molecule has 0 saturated carbocycles. The summed E-state index contributed by atoms with van der Waals surface area (Å²) in [6.45, 7) is 4.46. The van der Waals surface area contributed by atoms with E-state index in [4.69, 9.17) is 15.5 Å². The molecule has 3 heterocycles. The summed E-state index contributed by atoms with van der Waals surface area (Å²) < 4.78 is 5.18. The first-order chi connectivity index (χ1) is 18.6. The molecular weight excluding hydrogens is 496 g/mol. The Hall–Kier alpha value is -3.69. The summed E-state index contributed by atoms with van der Waals surface area (Å²) in [7, 11) is 1.67. The molecule has 9 heteroatoms. The minimum atomic E-state index is 0.0673. The minimum absolute atomic E-state index is 0.0673. The van der Waals surface area contributed by atoms with Crippen molar-refractivity contribution in [3.05, 3.63) is 82.5 Å². The lowest BCUT2D eigenvalue weighted by atomic mass is 9.99. The average Bonchev–Trinajstić information content (AvgIpc) is 3.41. The van der Waals surface area contributed by atoms with Crippen LogP contribution in [0.1, 0.15) is 28.0 Å². The van der Waals surface area contributed by atoms with Gasteiger partial charge < -0.3 is 20.3 Å². The maximum Gasteiger partial charge on any atom is 0.324 e. The van der Waals surface area contributed by atoms with Gasteiger partial charge in [-0.15, -0.1) is 11.3 Å². The Morgan fingerprint density at radius 1 is 1.13 bits per heavy atom. The number of hydrogen-bond acceptors (Lipinski definition) is 7. The molecule has 2 aliphatic heterocycles. The SMILES string of the molecule is COCCN1CCCN(c2ccc3c(c2)CN(c2ncc(Cc4ccc(N=CC=CN)cc4)s2)CC3)C1=O. The molecule has 0 radical (unpaired) electrons. The Kier molecular flexibility index (Phi) is 8.35. The molecule has 1 saturated heterocycles. The van der Waals surface area contributed by atoms with Crippen LogP contribution in [-0.2, 0) is 24.1 Å². The molecule has 2 N–H and O–H groups in total. The third-order valence-electron chi connectivity index (χ3n) is 6.94. The number of anilines is 2. The number of nitrogens with zero attached hydrogens (tertiary/aromatic N) is 5. The van der Waals surface area contributed by atoms with E-state index in [0.29, 0.717) is 13.2 Å². The average molecular weight is 531 g/mol. The Morgan fingerprint density at radius 3 is 2.82 bits per heavy atom. The van der Waals surface area contributed by atoms with Crippen LogP contribution in [0.2, 0.25) is 0 Å². The summed E-state index contributed by atoms with van der Waals surface area (Å²) in [4.78, 5) is 29.6. The molecule has 0 unspecified atom stereocenters. The van der Waals surface area contributed by atoms with E-state index in [-0.39, 0.29) is 6.03 Å². The maximum atomic E-state index is 13.1. The molecule has 0 spiro atoms. The number of hydrogen-bond donors (Lipinski definition) is 1. The van der Waals surface area contributed by atoms with E-state index in [2.05, 4.69) is 40.2 Å². The summed E-state index contributed by atoms with van der Waals surface area (Å²) >= 11 is 1.75. The van der Waals surface area contributed by atoms with Crippen LogP contribution in [0, 0.1) is 0 Å². The van der Waals surface area contributed by atoms with Gasteiger partial charge in [0.1, 0.15) is 0 Å². The molecule has 5 rings (SSSR count). The van der Waals surface area contributed by atoms with Crippen molar-refractivity contribution in [2.75, 3.05) is 49.7 Å². The highest BCUT2D eigenvalue weighted by atomic mass is 32.1. The fraction of sp³-hybridized carbons (Fsp3) is 0.345. The number of aromatic nitrogens is 1. The summed E-state index contributed by atoms with van der Waals surface area (Å²) in [5.74, 6) is 0. The molecule has 0 atom stereocenters. The van der Waals surface area contributed by atoms with Crippen molar-refractivity contribution in [1.29, 1.82) is 0 Å². The zero-order chi connectivity index (χ0) is 26.3. The van der Waals surface area contributed by atoms with Crippen molar-refractivity contribution in [2.45, 2.75) is 25.8 Å². The summed E-state index contributed by atoms with van der Waals surface area (Å²) in [5.41, 5.74) is 11.1. The van der Waals surface area contributed by atoms with Crippen LogP contribution in [0.4, 0.5) is 21.3 Å². The van der Waals surface area contributed by atoms with Gasteiger partial charge in [0.05, 0.1) is 12.3 Å². The van der Waals surface area contributed by atoms with E-state index in [0.717, 1.165) is 61.9 Å². The number of nitrogens with two attached hydrogens (primary N) is 1. The van der Waals surface area contributed by atoms with Crippen molar-refractivity contribution in [3.8, 4) is 0 Å². The van der Waals surface area contributed by atoms with Gasteiger partial charge in [-0.05, 0) is 66.1 Å². The molecular formula is C29H34N6O2S. The first kappa shape index (κ1) is 25.9. The number of urea groups is 1. The van der Waals surface area contributed by atoms with E-state index < -0.39 is 0 Å². The number of thiazole rings is 1. The predicted octanol–water partition coefficient (Wildman–Crippen LogP) is 4.75. The van der Waals surface area contributed by atoms with Gasteiger partial charge in [0.2, 0.25) is 0 Å². The molecule has 1 fully saturated rings. The second-order valence-corrected chi connectivity index (χ2v) is 10.6. The number of aliphatic imine (C=N–C) groups is 1. The number of carbonyl (C=O) groups excluding carboxylic acids is 1. The fourth-order valence-corrected chi connectivity index (χ4v) is 5.88. The molecule has 8 nitrogen and oxygen atoms in total. The zero-order valence-electron chi connectivity index (χ0n) is 21.8. The Bertz CT molecular complexity index is 1300. The largest absolute Gasteiger partial charge is 0.405 e. The van der Waals surface area contributed by atoms with Crippen LogP contribution in [0.25, 0.3) is 0 Å². The fourth-order valence-electron chi connectivity index (χ4n) is 4.91. The smallest absolute Gasteiger partial charge is 0.324 e. The van der Waals surface area contributed by atoms with Crippen LogP contribution in [0.15, 0.2) is 65.9 Å². The molecule has 1 aromatic heterocycles. The van der Waals surface area contributed by atoms with Crippen LogP contribution in [0.3, 0.4) is 0 Å². The van der Waals surface area contributed by atoms with E-state index in [9.17, 15) is 4.79 Å². The van der Waals surface area contributed by atoms with Crippen molar-refractivity contribution < 1.29 is 9.53 Å². The van der Waals surface area contributed by atoms with Gasteiger partial charge in [0.15, 0.2) is 5.13 Å². The topological polar surface area (TPSA) is 87.3 Å². The molecule has 2 amide bonds. The second kappa shape index (κ2) is 12.2. The minimum Gasteiger partial charge on any atom is -0.405 e. The van der Waals surface area contributed by atoms with Crippen LogP contribution in [0.5, 0.6) is 0 Å². The van der Waals surface area contributed by atoms with Gasteiger partial charge in [-0.3, -0.25) is 9.89 Å². The number of benzene rings is 2. The highest BCUT2D eigenvalue weighted by molar-refractivity contribution is 7.15. The zero-order valence-corrected chi connectivity index (χ0v) is 22.6. The lowest BCUT2D eigenvalue weighted by molar-refractivity contribution is 0.146. The lowest BCUT2D eigenvalue weighted by Crippen LogP contribution is -2.50. The van der Waals surface area contributed by atoms with Gasteiger partial charge >= 0.3 is 6.03 Å². The Labute approximate surface area is 228 Å². The summed E-state index contributed by atoms with van der Waals surface area (Å²) in [6, 6.07) is 14.8. The number of rotatable bonds is 9. The van der Waals surface area contributed by atoms with E-state index >= 15 is 0 Å². The first-order valence-electron chi connectivity index (χ1n) is 13.0. The normalized spacial score (nSPS) is 16.1. The van der Waals surface area contributed by atoms with Crippen LogP contribution in [-0.4, -0.2) is 62.0 Å². The van der Waals surface area contributed by atoms with Gasteiger partial charge in [-0.2, -0.15) is 0 Å². The molecule has 2 aromatic carbocycles. The Balaban J connectivity index is 1.24. The first-order valence-corrected chi connectivity index (χ1v) is 13.8. The highest BCUT2D eigenvalue weighted by Crippen LogP contribution is 2.32. The van der Waals surface area contributed by atoms with Crippen molar-refractivity contribution in [2.24, 2.45) is 10.7 Å².